The molecule has 3 nitrogen and oxygen atoms in total. The highest BCUT2D eigenvalue weighted by atomic mass is 16.5. The fourth-order valence-corrected chi connectivity index (χ4v) is 2.90. The van der Waals surface area contributed by atoms with Gasteiger partial charge in [-0.15, -0.1) is 0 Å². The number of fused-ring (bicyclic) bond motifs is 1. The van der Waals surface area contributed by atoms with Gasteiger partial charge >= 0.3 is 0 Å². The quantitative estimate of drug-likeness (QED) is 0.799. The molecule has 0 spiro atoms. The molecule has 3 heteroatoms. The summed E-state index contributed by atoms with van der Waals surface area (Å²) in [6.45, 7) is 7.51. The largest absolute Gasteiger partial charge is 0.491 e. The summed E-state index contributed by atoms with van der Waals surface area (Å²) in [5.74, 6) is 1.07. The summed E-state index contributed by atoms with van der Waals surface area (Å²) in [7, 11) is 0. The number of para-hydroxylation sites is 1. The van der Waals surface area contributed by atoms with Crippen LogP contribution < -0.4 is 10.1 Å². The van der Waals surface area contributed by atoms with E-state index in [1.54, 1.807) is 0 Å². The molecule has 1 aromatic carbocycles. The molecule has 3 atom stereocenters. The molecule has 0 aliphatic carbocycles. The second-order valence-electron chi connectivity index (χ2n) is 5.22. The third-order valence-corrected chi connectivity index (χ3v) is 3.89. The minimum absolute atomic E-state index is 0.436. The average molecular weight is 232 g/mol. The van der Waals surface area contributed by atoms with Crippen molar-refractivity contribution in [3.05, 3.63) is 29.8 Å². The highest BCUT2D eigenvalue weighted by molar-refractivity contribution is 5.39. The maximum absolute atomic E-state index is 5.79. The van der Waals surface area contributed by atoms with Crippen LogP contribution in [0, 0.1) is 0 Å². The number of nitrogens with one attached hydrogen (secondary N) is 1. The van der Waals surface area contributed by atoms with Gasteiger partial charge in [-0.2, -0.15) is 0 Å². The van der Waals surface area contributed by atoms with Crippen LogP contribution in [0.15, 0.2) is 24.3 Å². The van der Waals surface area contributed by atoms with Crippen LogP contribution in [0.25, 0.3) is 0 Å². The minimum atomic E-state index is 0.436. The molecule has 0 bridgehead atoms. The number of hydrogen-bond donors (Lipinski definition) is 1. The Morgan fingerprint density at radius 3 is 3.00 bits per heavy atom. The first-order chi connectivity index (χ1) is 8.25. The number of benzene rings is 1. The van der Waals surface area contributed by atoms with Crippen LogP contribution in [0.1, 0.15) is 25.5 Å². The van der Waals surface area contributed by atoms with E-state index < -0.39 is 0 Å². The maximum atomic E-state index is 5.79. The third kappa shape index (κ3) is 1.94. The standard InChI is InChI=1S/C14H20N2O/c1-10-8-16(11(2)7-15-10)13-9-17-14-6-4-3-5-12(13)14/h3-6,10-11,13,15H,7-9H2,1-2H3. The summed E-state index contributed by atoms with van der Waals surface area (Å²) in [6, 6.07) is 10.0. The van der Waals surface area contributed by atoms with Gasteiger partial charge in [-0.1, -0.05) is 18.2 Å². The first-order valence-electron chi connectivity index (χ1n) is 6.46. The van der Waals surface area contributed by atoms with Gasteiger partial charge in [0.15, 0.2) is 0 Å². The lowest BCUT2D eigenvalue weighted by molar-refractivity contribution is 0.0809. The van der Waals surface area contributed by atoms with Crippen LogP contribution >= 0.6 is 0 Å². The second kappa shape index (κ2) is 4.31. The van der Waals surface area contributed by atoms with E-state index in [2.05, 4.69) is 42.3 Å². The van der Waals surface area contributed by atoms with E-state index >= 15 is 0 Å². The van der Waals surface area contributed by atoms with Crippen molar-refractivity contribution in [3.63, 3.8) is 0 Å². The molecule has 2 aliphatic rings. The Kier molecular flexibility index (Phi) is 2.81. The fourth-order valence-electron chi connectivity index (χ4n) is 2.90. The zero-order chi connectivity index (χ0) is 11.8. The van der Waals surface area contributed by atoms with Crippen LogP contribution in [0.4, 0.5) is 0 Å². The number of piperazine rings is 1. The molecule has 2 heterocycles. The Morgan fingerprint density at radius 1 is 1.29 bits per heavy atom. The summed E-state index contributed by atoms with van der Waals surface area (Å²) in [5, 5.41) is 3.53. The lowest BCUT2D eigenvalue weighted by Crippen LogP contribution is -2.55. The highest BCUT2D eigenvalue weighted by Crippen LogP contribution is 2.37. The topological polar surface area (TPSA) is 24.5 Å². The van der Waals surface area contributed by atoms with Gasteiger partial charge in [0.25, 0.3) is 0 Å². The molecule has 0 aromatic heterocycles. The van der Waals surface area contributed by atoms with Crippen molar-refractivity contribution >= 4 is 0 Å². The number of nitrogens with zero attached hydrogens (tertiary/aromatic N) is 1. The van der Waals surface area contributed by atoms with Gasteiger partial charge in [0.2, 0.25) is 0 Å². The van der Waals surface area contributed by atoms with E-state index in [0.29, 0.717) is 18.1 Å². The molecule has 2 aliphatic heterocycles. The predicted octanol–water partition coefficient (Wildman–Crippen LogP) is 1.80. The van der Waals surface area contributed by atoms with E-state index in [4.69, 9.17) is 4.74 Å². The smallest absolute Gasteiger partial charge is 0.124 e. The predicted molar refractivity (Wildman–Crippen MR) is 68.3 cm³/mol. The van der Waals surface area contributed by atoms with Gasteiger partial charge in [-0.3, -0.25) is 4.90 Å². The summed E-state index contributed by atoms with van der Waals surface area (Å²) >= 11 is 0. The lowest BCUT2D eigenvalue weighted by atomic mass is 10.0. The van der Waals surface area contributed by atoms with Crippen molar-refractivity contribution in [3.8, 4) is 5.75 Å². The molecule has 0 amide bonds. The SMILES string of the molecule is CC1CN(C2COc3ccccc32)C(C)CN1. The van der Waals surface area contributed by atoms with E-state index in [0.717, 1.165) is 25.4 Å². The molecule has 3 unspecified atom stereocenters. The lowest BCUT2D eigenvalue weighted by Gasteiger charge is -2.40. The van der Waals surface area contributed by atoms with Crippen molar-refractivity contribution < 1.29 is 4.74 Å². The molecule has 1 N–H and O–H groups in total. The Morgan fingerprint density at radius 2 is 2.12 bits per heavy atom. The molecular formula is C14H20N2O. The Bertz CT molecular complexity index is 407. The van der Waals surface area contributed by atoms with Crippen LogP contribution in [0.2, 0.25) is 0 Å². The number of rotatable bonds is 1. The van der Waals surface area contributed by atoms with Crippen LogP contribution in [-0.2, 0) is 0 Å². The summed E-state index contributed by atoms with van der Waals surface area (Å²) in [4.78, 5) is 2.58. The van der Waals surface area contributed by atoms with Crippen molar-refractivity contribution in [2.45, 2.75) is 32.0 Å². The van der Waals surface area contributed by atoms with Crippen LogP contribution in [0.5, 0.6) is 5.75 Å². The zero-order valence-corrected chi connectivity index (χ0v) is 10.5. The second-order valence-corrected chi connectivity index (χ2v) is 5.22. The Labute approximate surface area is 103 Å². The molecule has 1 fully saturated rings. The first-order valence-corrected chi connectivity index (χ1v) is 6.46. The summed E-state index contributed by atoms with van der Waals surface area (Å²) in [5.41, 5.74) is 1.36. The Hall–Kier alpha value is -1.06. The van der Waals surface area contributed by atoms with E-state index in [1.165, 1.54) is 5.56 Å². The molecule has 17 heavy (non-hydrogen) atoms. The van der Waals surface area contributed by atoms with Crippen molar-refractivity contribution in [1.82, 2.24) is 10.2 Å². The normalized spacial score (nSPS) is 33.2. The van der Waals surface area contributed by atoms with E-state index in [1.807, 2.05) is 6.07 Å². The van der Waals surface area contributed by atoms with E-state index in [9.17, 15) is 0 Å². The fraction of sp³-hybridized carbons (Fsp3) is 0.571. The van der Waals surface area contributed by atoms with Gasteiger partial charge in [0.1, 0.15) is 12.4 Å². The molecule has 0 radical (unpaired) electrons. The third-order valence-electron chi connectivity index (χ3n) is 3.89. The molecule has 0 saturated carbocycles. The van der Waals surface area contributed by atoms with Gasteiger partial charge in [0.05, 0.1) is 6.04 Å². The summed E-state index contributed by atoms with van der Waals surface area (Å²) in [6.07, 6.45) is 0. The molecule has 1 aromatic rings. The molecular weight excluding hydrogens is 212 g/mol. The van der Waals surface area contributed by atoms with Gasteiger partial charge in [0, 0.05) is 30.7 Å². The van der Waals surface area contributed by atoms with Crippen LogP contribution in [0.3, 0.4) is 0 Å². The molecule has 1 saturated heterocycles. The molecule has 92 valence electrons. The van der Waals surface area contributed by atoms with Crippen molar-refractivity contribution in [1.29, 1.82) is 0 Å². The number of hydrogen-bond acceptors (Lipinski definition) is 3. The van der Waals surface area contributed by atoms with Crippen LogP contribution in [-0.4, -0.2) is 36.7 Å². The zero-order valence-electron chi connectivity index (χ0n) is 10.5. The van der Waals surface area contributed by atoms with Gasteiger partial charge in [-0.25, -0.2) is 0 Å². The monoisotopic (exact) mass is 232 g/mol. The maximum Gasteiger partial charge on any atom is 0.124 e. The average Bonchev–Trinajstić information content (AvgIpc) is 2.76. The van der Waals surface area contributed by atoms with E-state index in [-0.39, 0.29) is 0 Å². The minimum Gasteiger partial charge on any atom is -0.491 e. The first kappa shape index (κ1) is 11.1. The summed E-state index contributed by atoms with van der Waals surface area (Å²) < 4.78 is 5.79. The Balaban J connectivity index is 1.85. The van der Waals surface area contributed by atoms with Crippen molar-refractivity contribution in [2.75, 3.05) is 19.7 Å². The van der Waals surface area contributed by atoms with Gasteiger partial charge < -0.3 is 10.1 Å². The number of ether oxygens (including phenoxy) is 1. The van der Waals surface area contributed by atoms with Gasteiger partial charge in [-0.05, 0) is 19.9 Å². The van der Waals surface area contributed by atoms with Crippen molar-refractivity contribution in [2.24, 2.45) is 0 Å². The molecule has 3 rings (SSSR count). The highest BCUT2D eigenvalue weighted by Gasteiger charge is 2.34.